The predicted molar refractivity (Wildman–Crippen MR) is 51.1 cm³/mol. The highest BCUT2D eigenvalue weighted by Gasteiger charge is 2.23. The van der Waals surface area contributed by atoms with E-state index < -0.39 is 0 Å². The lowest BCUT2D eigenvalue weighted by atomic mass is 9.80. The molecule has 2 nitrogen and oxygen atoms in total. The molecule has 0 aliphatic carbocycles. The Balaban J connectivity index is 2.85. The fourth-order valence-corrected chi connectivity index (χ4v) is 1.10. The van der Waals surface area contributed by atoms with Gasteiger partial charge in [0.15, 0.2) is 0 Å². The van der Waals surface area contributed by atoms with Crippen LogP contribution in [0, 0.1) is 5.41 Å². The summed E-state index contributed by atoms with van der Waals surface area (Å²) in [5.41, 5.74) is 1.49. The van der Waals surface area contributed by atoms with Crippen molar-refractivity contribution < 1.29 is 0 Å². The van der Waals surface area contributed by atoms with Gasteiger partial charge < -0.3 is 4.57 Å². The van der Waals surface area contributed by atoms with Gasteiger partial charge in [0.1, 0.15) is 0 Å². The quantitative estimate of drug-likeness (QED) is 0.627. The van der Waals surface area contributed by atoms with E-state index in [1.165, 1.54) is 5.69 Å². The minimum absolute atomic E-state index is 0.300. The van der Waals surface area contributed by atoms with Crippen molar-refractivity contribution in [2.75, 3.05) is 0 Å². The lowest BCUT2D eigenvalue weighted by molar-refractivity contribution is 0.334. The summed E-state index contributed by atoms with van der Waals surface area (Å²) < 4.78 is 2.00. The molecule has 1 heterocycles. The third kappa shape index (κ3) is 1.87. The minimum atomic E-state index is 0.300. The van der Waals surface area contributed by atoms with Crippen LogP contribution in [0.1, 0.15) is 39.3 Å². The van der Waals surface area contributed by atoms with Crippen LogP contribution in [-0.4, -0.2) is 9.55 Å². The van der Waals surface area contributed by atoms with Gasteiger partial charge in [-0.25, -0.2) is 4.98 Å². The molecule has 68 valence electrons. The zero-order chi connectivity index (χ0) is 9.35. The summed E-state index contributed by atoms with van der Waals surface area (Å²) >= 11 is 0. The fourth-order valence-electron chi connectivity index (χ4n) is 1.10. The van der Waals surface area contributed by atoms with Gasteiger partial charge in [-0.15, -0.1) is 0 Å². The standard InChI is InChI=1S/C10H18N2/c1-8(10(2,3)4)9-6-12(5)7-11-9/h6-8H,1-5H3/t8-/m1/s1. The van der Waals surface area contributed by atoms with Gasteiger partial charge in [-0.1, -0.05) is 27.7 Å². The smallest absolute Gasteiger partial charge is 0.0946 e. The molecule has 1 rings (SSSR count). The molecule has 0 amide bonds. The van der Waals surface area contributed by atoms with E-state index in [0.717, 1.165) is 0 Å². The maximum atomic E-state index is 4.35. The Morgan fingerprint density at radius 3 is 2.33 bits per heavy atom. The molecule has 0 bridgehead atoms. The maximum Gasteiger partial charge on any atom is 0.0946 e. The molecule has 0 aromatic carbocycles. The van der Waals surface area contributed by atoms with Crippen LogP contribution in [0.5, 0.6) is 0 Å². The Kier molecular flexibility index (Phi) is 2.27. The van der Waals surface area contributed by atoms with Gasteiger partial charge in [-0.05, 0) is 5.41 Å². The van der Waals surface area contributed by atoms with E-state index in [1.807, 2.05) is 17.9 Å². The van der Waals surface area contributed by atoms with Crippen LogP contribution in [-0.2, 0) is 7.05 Å². The first-order valence-electron chi connectivity index (χ1n) is 4.39. The topological polar surface area (TPSA) is 17.8 Å². The fraction of sp³-hybridized carbons (Fsp3) is 0.700. The Morgan fingerprint density at radius 1 is 1.42 bits per heavy atom. The van der Waals surface area contributed by atoms with Crippen molar-refractivity contribution in [3.8, 4) is 0 Å². The van der Waals surface area contributed by atoms with Gasteiger partial charge in [0, 0.05) is 19.2 Å². The summed E-state index contributed by atoms with van der Waals surface area (Å²) in [6, 6.07) is 0. The molecule has 1 atom stereocenters. The van der Waals surface area contributed by atoms with Gasteiger partial charge in [-0.2, -0.15) is 0 Å². The molecule has 0 aliphatic rings. The van der Waals surface area contributed by atoms with Gasteiger partial charge >= 0.3 is 0 Å². The molecule has 0 saturated heterocycles. The first-order valence-corrected chi connectivity index (χ1v) is 4.39. The average molecular weight is 166 g/mol. The molecule has 0 aliphatic heterocycles. The van der Waals surface area contributed by atoms with E-state index in [4.69, 9.17) is 0 Å². The second-order valence-corrected chi connectivity index (χ2v) is 4.55. The number of imidazole rings is 1. The normalized spacial score (nSPS) is 14.8. The van der Waals surface area contributed by atoms with Crippen molar-refractivity contribution in [1.29, 1.82) is 0 Å². The zero-order valence-corrected chi connectivity index (χ0v) is 8.63. The average Bonchev–Trinajstić information content (AvgIpc) is 2.32. The van der Waals surface area contributed by atoms with Crippen molar-refractivity contribution in [1.82, 2.24) is 9.55 Å². The highest BCUT2D eigenvalue weighted by molar-refractivity contribution is 5.06. The third-order valence-electron chi connectivity index (χ3n) is 2.47. The lowest BCUT2D eigenvalue weighted by Crippen LogP contribution is -2.15. The number of aromatic nitrogens is 2. The second kappa shape index (κ2) is 2.92. The highest BCUT2D eigenvalue weighted by atomic mass is 15.0. The van der Waals surface area contributed by atoms with E-state index in [2.05, 4.69) is 38.9 Å². The number of aryl methyl sites for hydroxylation is 1. The summed E-state index contributed by atoms with van der Waals surface area (Å²) in [7, 11) is 2.01. The summed E-state index contributed by atoms with van der Waals surface area (Å²) in [6.07, 6.45) is 3.95. The third-order valence-corrected chi connectivity index (χ3v) is 2.47. The minimum Gasteiger partial charge on any atom is -0.340 e. The molecule has 0 radical (unpaired) electrons. The Labute approximate surface area is 74.6 Å². The Bertz CT molecular complexity index is 255. The van der Waals surface area contributed by atoms with Crippen molar-refractivity contribution in [3.05, 3.63) is 18.2 Å². The molecule has 0 saturated carbocycles. The summed E-state index contributed by atoms with van der Waals surface area (Å²) in [5, 5.41) is 0. The largest absolute Gasteiger partial charge is 0.340 e. The van der Waals surface area contributed by atoms with Crippen LogP contribution in [0.3, 0.4) is 0 Å². The summed E-state index contributed by atoms with van der Waals surface area (Å²) in [5.74, 6) is 0.513. The van der Waals surface area contributed by atoms with Crippen LogP contribution in [0.15, 0.2) is 12.5 Å². The molecular formula is C10H18N2. The van der Waals surface area contributed by atoms with Gasteiger partial charge in [-0.3, -0.25) is 0 Å². The first-order chi connectivity index (χ1) is 5.41. The predicted octanol–water partition coefficient (Wildman–Crippen LogP) is 2.57. The highest BCUT2D eigenvalue weighted by Crippen LogP contribution is 2.32. The van der Waals surface area contributed by atoms with Crippen LogP contribution < -0.4 is 0 Å². The zero-order valence-electron chi connectivity index (χ0n) is 8.63. The lowest BCUT2D eigenvalue weighted by Gasteiger charge is -2.25. The van der Waals surface area contributed by atoms with Crippen LogP contribution in [0.4, 0.5) is 0 Å². The molecule has 2 heteroatoms. The van der Waals surface area contributed by atoms with Gasteiger partial charge in [0.05, 0.1) is 12.0 Å². The van der Waals surface area contributed by atoms with Crippen LogP contribution >= 0.6 is 0 Å². The van der Waals surface area contributed by atoms with Gasteiger partial charge in [0.25, 0.3) is 0 Å². The number of hydrogen-bond acceptors (Lipinski definition) is 1. The molecule has 0 spiro atoms. The van der Waals surface area contributed by atoms with E-state index in [1.54, 1.807) is 0 Å². The van der Waals surface area contributed by atoms with Crippen molar-refractivity contribution in [3.63, 3.8) is 0 Å². The van der Waals surface area contributed by atoms with Crippen molar-refractivity contribution in [2.24, 2.45) is 12.5 Å². The monoisotopic (exact) mass is 166 g/mol. The van der Waals surface area contributed by atoms with Crippen molar-refractivity contribution in [2.45, 2.75) is 33.6 Å². The molecule has 12 heavy (non-hydrogen) atoms. The number of rotatable bonds is 1. The molecular weight excluding hydrogens is 148 g/mol. The molecule has 1 aromatic rings. The maximum absolute atomic E-state index is 4.35. The molecule has 0 N–H and O–H groups in total. The van der Waals surface area contributed by atoms with E-state index in [9.17, 15) is 0 Å². The van der Waals surface area contributed by atoms with Gasteiger partial charge in [0.2, 0.25) is 0 Å². The first kappa shape index (κ1) is 9.30. The number of nitrogens with zero attached hydrogens (tertiary/aromatic N) is 2. The Morgan fingerprint density at radius 2 is 2.00 bits per heavy atom. The number of hydrogen-bond donors (Lipinski definition) is 0. The van der Waals surface area contributed by atoms with E-state index in [0.29, 0.717) is 11.3 Å². The van der Waals surface area contributed by atoms with Crippen LogP contribution in [0.2, 0.25) is 0 Å². The SMILES string of the molecule is C[C@H](c1cn(C)cn1)C(C)(C)C. The van der Waals surface area contributed by atoms with E-state index in [-0.39, 0.29) is 0 Å². The molecule has 0 unspecified atom stereocenters. The van der Waals surface area contributed by atoms with Crippen LogP contribution in [0.25, 0.3) is 0 Å². The second-order valence-electron chi connectivity index (χ2n) is 4.55. The molecule has 0 fully saturated rings. The summed E-state index contributed by atoms with van der Waals surface area (Å²) in [6.45, 7) is 8.95. The molecule has 1 aromatic heterocycles. The van der Waals surface area contributed by atoms with Crippen molar-refractivity contribution >= 4 is 0 Å². The Hall–Kier alpha value is -0.790. The summed E-state index contributed by atoms with van der Waals surface area (Å²) in [4.78, 5) is 4.35. The van der Waals surface area contributed by atoms with E-state index >= 15 is 0 Å².